The first kappa shape index (κ1) is 13.7. The van der Waals surface area contributed by atoms with Gasteiger partial charge in [0, 0.05) is 6.07 Å². The maximum atomic E-state index is 13.3. The van der Waals surface area contributed by atoms with Crippen molar-refractivity contribution in [1.29, 1.82) is 0 Å². The molecular weight excluding hydrogens is 266 g/mol. The largest absolute Gasteiger partial charge is 0.478 e. The Morgan fingerprint density at radius 2 is 1.85 bits per heavy atom. The second-order valence-electron chi connectivity index (χ2n) is 3.92. The molecule has 0 unspecified atom stereocenters. The summed E-state index contributed by atoms with van der Waals surface area (Å²) in [4.78, 5) is 10.7. The van der Waals surface area contributed by atoms with Crippen molar-refractivity contribution in [2.45, 2.75) is 0 Å². The standard InChI is InChI=1S/C14H10F2N2O2/c15-11-5-6-13(12(16)7-11)18-17-8-9-1-3-10(4-2-9)14(19)20/h1-8,18H,(H,19,20)/b17-8+. The highest BCUT2D eigenvalue weighted by atomic mass is 19.1. The van der Waals surface area contributed by atoms with E-state index in [-0.39, 0.29) is 11.3 Å². The van der Waals surface area contributed by atoms with Gasteiger partial charge in [0.25, 0.3) is 0 Å². The van der Waals surface area contributed by atoms with E-state index in [1.807, 2.05) is 0 Å². The van der Waals surface area contributed by atoms with E-state index in [4.69, 9.17) is 5.11 Å². The maximum Gasteiger partial charge on any atom is 0.335 e. The SMILES string of the molecule is O=C(O)c1ccc(/C=N/Nc2ccc(F)cc2F)cc1. The lowest BCUT2D eigenvalue weighted by Crippen LogP contribution is -1.97. The number of halogens is 2. The van der Waals surface area contributed by atoms with Crippen LogP contribution in [0.15, 0.2) is 47.6 Å². The molecule has 6 heteroatoms. The maximum absolute atomic E-state index is 13.3. The summed E-state index contributed by atoms with van der Waals surface area (Å²) in [7, 11) is 0. The molecule has 0 aliphatic carbocycles. The summed E-state index contributed by atoms with van der Waals surface area (Å²) in [6, 6.07) is 9.09. The fourth-order valence-electron chi connectivity index (χ4n) is 1.47. The summed E-state index contributed by atoms with van der Waals surface area (Å²) < 4.78 is 26.0. The number of carbonyl (C=O) groups is 1. The van der Waals surface area contributed by atoms with E-state index in [0.717, 1.165) is 12.1 Å². The summed E-state index contributed by atoms with van der Waals surface area (Å²) >= 11 is 0. The molecule has 0 aliphatic heterocycles. The second kappa shape index (κ2) is 5.92. The van der Waals surface area contributed by atoms with Crippen molar-refractivity contribution in [2.75, 3.05) is 5.43 Å². The monoisotopic (exact) mass is 276 g/mol. The first-order chi connectivity index (χ1) is 9.56. The van der Waals surface area contributed by atoms with E-state index in [9.17, 15) is 13.6 Å². The summed E-state index contributed by atoms with van der Waals surface area (Å²) in [6.45, 7) is 0. The van der Waals surface area contributed by atoms with Crippen LogP contribution in [0.25, 0.3) is 0 Å². The van der Waals surface area contributed by atoms with Gasteiger partial charge in [-0.05, 0) is 29.8 Å². The fourth-order valence-corrected chi connectivity index (χ4v) is 1.47. The zero-order valence-corrected chi connectivity index (χ0v) is 10.2. The number of hydrogen-bond acceptors (Lipinski definition) is 3. The first-order valence-electron chi connectivity index (χ1n) is 5.64. The van der Waals surface area contributed by atoms with Crippen LogP contribution >= 0.6 is 0 Å². The lowest BCUT2D eigenvalue weighted by Gasteiger charge is -2.01. The molecular formula is C14H10F2N2O2. The van der Waals surface area contributed by atoms with E-state index in [1.54, 1.807) is 12.1 Å². The number of anilines is 1. The zero-order valence-electron chi connectivity index (χ0n) is 10.2. The predicted octanol–water partition coefficient (Wildman–Crippen LogP) is 3.11. The van der Waals surface area contributed by atoms with Gasteiger partial charge in [0.15, 0.2) is 5.82 Å². The van der Waals surface area contributed by atoms with Crippen LogP contribution in [-0.2, 0) is 0 Å². The quantitative estimate of drug-likeness (QED) is 0.666. The molecule has 0 heterocycles. The summed E-state index contributed by atoms with van der Waals surface area (Å²) in [6.07, 6.45) is 1.40. The van der Waals surface area contributed by atoms with Crippen LogP contribution in [0.2, 0.25) is 0 Å². The van der Waals surface area contributed by atoms with E-state index < -0.39 is 17.6 Å². The van der Waals surface area contributed by atoms with E-state index in [0.29, 0.717) is 5.56 Å². The van der Waals surface area contributed by atoms with Crippen LogP contribution in [0.3, 0.4) is 0 Å². The highest BCUT2D eigenvalue weighted by Crippen LogP contribution is 2.14. The third kappa shape index (κ3) is 3.38. The molecule has 2 aromatic rings. The number of benzene rings is 2. The van der Waals surface area contributed by atoms with Gasteiger partial charge < -0.3 is 5.11 Å². The van der Waals surface area contributed by atoms with Crippen molar-refractivity contribution < 1.29 is 18.7 Å². The number of nitrogens with one attached hydrogen (secondary N) is 1. The summed E-state index contributed by atoms with van der Waals surface area (Å²) in [5, 5.41) is 12.5. The van der Waals surface area contributed by atoms with Gasteiger partial charge in [-0.15, -0.1) is 0 Å². The Labute approximate surface area is 113 Å². The van der Waals surface area contributed by atoms with Crippen LogP contribution < -0.4 is 5.43 Å². The molecule has 4 nitrogen and oxygen atoms in total. The molecule has 20 heavy (non-hydrogen) atoms. The smallest absolute Gasteiger partial charge is 0.335 e. The third-order valence-electron chi connectivity index (χ3n) is 2.49. The Kier molecular flexibility index (Phi) is 4.05. The number of carboxylic acids is 1. The molecule has 0 aliphatic rings. The van der Waals surface area contributed by atoms with Gasteiger partial charge in [0.2, 0.25) is 0 Å². The number of carboxylic acid groups (broad SMARTS) is 1. The Morgan fingerprint density at radius 3 is 2.45 bits per heavy atom. The van der Waals surface area contributed by atoms with E-state index in [2.05, 4.69) is 10.5 Å². The highest BCUT2D eigenvalue weighted by molar-refractivity contribution is 5.89. The minimum atomic E-state index is -1.01. The van der Waals surface area contributed by atoms with Crippen LogP contribution in [0.4, 0.5) is 14.5 Å². The fraction of sp³-hybridized carbons (Fsp3) is 0. The van der Waals surface area contributed by atoms with Crippen molar-refractivity contribution in [2.24, 2.45) is 5.10 Å². The van der Waals surface area contributed by atoms with Crippen molar-refractivity contribution >= 4 is 17.9 Å². The predicted molar refractivity (Wildman–Crippen MR) is 71.0 cm³/mol. The van der Waals surface area contributed by atoms with E-state index >= 15 is 0 Å². The topological polar surface area (TPSA) is 61.7 Å². The van der Waals surface area contributed by atoms with Crippen LogP contribution in [0, 0.1) is 11.6 Å². The lowest BCUT2D eigenvalue weighted by atomic mass is 10.1. The zero-order chi connectivity index (χ0) is 14.5. The number of hydrogen-bond donors (Lipinski definition) is 2. The van der Waals surface area contributed by atoms with Gasteiger partial charge in [-0.25, -0.2) is 13.6 Å². The molecule has 102 valence electrons. The molecule has 0 radical (unpaired) electrons. The average molecular weight is 276 g/mol. The molecule has 0 saturated carbocycles. The van der Waals surface area contributed by atoms with Gasteiger partial charge >= 0.3 is 5.97 Å². The van der Waals surface area contributed by atoms with Gasteiger partial charge in [-0.2, -0.15) is 5.10 Å². The molecule has 2 aromatic carbocycles. The van der Waals surface area contributed by atoms with Crippen molar-refractivity contribution in [3.63, 3.8) is 0 Å². The highest BCUT2D eigenvalue weighted by Gasteiger charge is 2.02. The van der Waals surface area contributed by atoms with Gasteiger partial charge in [0.1, 0.15) is 5.82 Å². The Bertz CT molecular complexity index is 655. The van der Waals surface area contributed by atoms with Crippen LogP contribution in [-0.4, -0.2) is 17.3 Å². The normalized spacial score (nSPS) is 10.7. The molecule has 2 N–H and O–H groups in total. The second-order valence-corrected chi connectivity index (χ2v) is 3.92. The molecule has 2 rings (SSSR count). The van der Waals surface area contributed by atoms with Crippen molar-refractivity contribution in [3.05, 3.63) is 65.2 Å². The number of aromatic carboxylic acids is 1. The molecule has 0 aromatic heterocycles. The Balaban J connectivity index is 2.04. The Morgan fingerprint density at radius 1 is 1.15 bits per heavy atom. The van der Waals surface area contributed by atoms with Crippen LogP contribution in [0.5, 0.6) is 0 Å². The molecule has 0 spiro atoms. The van der Waals surface area contributed by atoms with Crippen molar-refractivity contribution in [1.82, 2.24) is 0 Å². The summed E-state index contributed by atoms with van der Waals surface area (Å²) in [5.74, 6) is -2.43. The van der Waals surface area contributed by atoms with Gasteiger partial charge in [-0.1, -0.05) is 12.1 Å². The molecule has 0 amide bonds. The average Bonchev–Trinajstić information content (AvgIpc) is 2.42. The first-order valence-corrected chi connectivity index (χ1v) is 5.64. The number of rotatable bonds is 4. The third-order valence-corrected chi connectivity index (χ3v) is 2.49. The summed E-state index contributed by atoms with van der Waals surface area (Å²) in [5.41, 5.74) is 3.29. The molecule has 0 fully saturated rings. The number of nitrogens with zero attached hydrogens (tertiary/aromatic N) is 1. The van der Waals surface area contributed by atoms with Crippen molar-refractivity contribution in [3.8, 4) is 0 Å². The molecule has 0 atom stereocenters. The van der Waals surface area contributed by atoms with E-state index in [1.165, 1.54) is 24.4 Å². The molecule has 0 bridgehead atoms. The molecule has 0 saturated heterocycles. The van der Waals surface area contributed by atoms with Gasteiger partial charge in [0.05, 0.1) is 17.5 Å². The number of hydrazone groups is 1. The minimum absolute atomic E-state index is 0.0461. The van der Waals surface area contributed by atoms with Gasteiger partial charge in [-0.3, -0.25) is 5.43 Å². The lowest BCUT2D eigenvalue weighted by molar-refractivity contribution is 0.0697. The van der Waals surface area contributed by atoms with Crippen LogP contribution in [0.1, 0.15) is 15.9 Å². The Hall–Kier alpha value is -2.76. The minimum Gasteiger partial charge on any atom is -0.478 e.